The molecule has 0 unspecified atom stereocenters. The molecule has 0 radical (unpaired) electrons. The van der Waals surface area contributed by atoms with Gasteiger partial charge in [0.05, 0.1) is 6.61 Å². The minimum atomic E-state index is 0.0376. The molecular weight excluding hydrogens is 394 g/mol. The number of nitrogens with one attached hydrogen (secondary N) is 1. The molecule has 178 valence electrons. The van der Waals surface area contributed by atoms with Crippen molar-refractivity contribution >= 4 is 5.69 Å². The van der Waals surface area contributed by atoms with E-state index in [9.17, 15) is 0 Å². The maximum atomic E-state index is 6.18. The van der Waals surface area contributed by atoms with E-state index in [-0.39, 0.29) is 10.8 Å². The van der Waals surface area contributed by atoms with Gasteiger partial charge in [-0.15, -0.1) is 0 Å². The molecule has 0 saturated heterocycles. The van der Waals surface area contributed by atoms with Crippen molar-refractivity contribution in [3.63, 3.8) is 0 Å². The Hall–Kier alpha value is -2.16. The van der Waals surface area contributed by atoms with Crippen molar-refractivity contribution in [1.82, 2.24) is 0 Å². The number of hydrogen-bond donors (Lipinski definition) is 1. The molecule has 2 rings (SSSR count). The van der Waals surface area contributed by atoms with E-state index in [1.54, 1.807) is 0 Å². The molecule has 2 aromatic rings. The fraction of sp³-hybridized carbons (Fsp3) is 0.586. The zero-order valence-electron chi connectivity index (χ0n) is 21.5. The van der Waals surface area contributed by atoms with Crippen LogP contribution in [0.4, 0.5) is 5.69 Å². The van der Waals surface area contributed by atoms with Gasteiger partial charge in [0.25, 0.3) is 0 Å². The number of ether oxygens (including phenoxy) is 2. The molecule has 0 atom stereocenters. The Labute approximate surface area is 196 Å². The fourth-order valence-corrected chi connectivity index (χ4v) is 3.63. The molecule has 1 N–H and O–H groups in total. The van der Waals surface area contributed by atoms with Gasteiger partial charge in [0.2, 0.25) is 0 Å². The van der Waals surface area contributed by atoms with Crippen LogP contribution in [0.3, 0.4) is 0 Å². The lowest BCUT2D eigenvalue weighted by atomic mass is 9.80. The maximum absolute atomic E-state index is 6.18. The largest absolute Gasteiger partial charge is 0.494 e. The van der Waals surface area contributed by atoms with Gasteiger partial charge in [-0.3, -0.25) is 0 Å². The summed E-state index contributed by atoms with van der Waals surface area (Å²) in [5, 5.41) is 3.45. The summed E-state index contributed by atoms with van der Waals surface area (Å²) in [6.45, 7) is 17.9. The Morgan fingerprint density at radius 3 is 2.03 bits per heavy atom. The number of hydrogen-bond acceptors (Lipinski definition) is 3. The van der Waals surface area contributed by atoms with E-state index in [1.165, 1.54) is 36.8 Å². The van der Waals surface area contributed by atoms with Crippen molar-refractivity contribution in [3.8, 4) is 11.5 Å². The molecular formula is C29H45NO2. The monoisotopic (exact) mass is 439 g/mol. The predicted octanol–water partition coefficient (Wildman–Crippen LogP) is 8.12. The zero-order valence-corrected chi connectivity index (χ0v) is 21.5. The molecule has 0 bridgehead atoms. The van der Waals surface area contributed by atoms with Crippen molar-refractivity contribution in [3.05, 3.63) is 53.6 Å². The SMILES string of the molecule is CCCCCCCOc1ccc(NCCOc2ccc(C(C)(C)C)cc2C(C)(C)C)cc1. The topological polar surface area (TPSA) is 30.5 Å². The minimum absolute atomic E-state index is 0.0376. The summed E-state index contributed by atoms with van der Waals surface area (Å²) >= 11 is 0. The highest BCUT2D eigenvalue weighted by Crippen LogP contribution is 2.35. The Bertz CT molecular complexity index is 797. The summed E-state index contributed by atoms with van der Waals surface area (Å²) in [6, 6.07) is 14.9. The van der Waals surface area contributed by atoms with Crippen molar-refractivity contribution in [2.75, 3.05) is 25.1 Å². The summed E-state index contributed by atoms with van der Waals surface area (Å²) in [5.74, 6) is 1.92. The third-order valence-electron chi connectivity index (χ3n) is 5.71. The highest BCUT2D eigenvalue weighted by atomic mass is 16.5. The van der Waals surface area contributed by atoms with Gasteiger partial charge in [-0.2, -0.15) is 0 Å². The molecule has 0 saturated carbocycles. The first-order chi connectivity index (χ1) is 15.1. The van der Waals surface area contributed by atoms with Crippen molar-refractivity contribution in [2.24, 2.45) is 0 Å². The third kappa shape index (κ3) is 8.76. The van der Waals surface area contributed by atoms with Crippen LogP contribution in [-0.2, 0) is 10.8 Å². The van der Waals surface area contributed by atoms with Crippen LogP contribution in [0, 0.1) is 0 Å². The van der Waals surface area contributed by atoms with E-state index >= 15 is 0 Å². The van der Waals surface area contributed by atoms with Gasteiger partial charge in [-0.25, -0.2) is 0 Å². The number of rotatable bonds is 12. The van der Waals surface area contributed by atoms with Crippen LogP contribution in [-0.4, -0.2) is 19.8 Å². The average molecular weight is 440 g/mol. The average Bonchev–Trinajstić information content (AvgIpc) is 2.73. The summed E-state index contributed by atoms with van der Waals surface area (Å²) in [7, 11) is 0. The highest BCUT2D eigenvalue weighted by Gasteiger charge is 2.23. The summed E-state index contributed by atoms with van der Waals surface area (Å²) in [4.78, 5) is 0. The molecule has 0 amide bonds. The van der Waals surface area contributed by atoms with E-state index in [2.05, 4.69) is 84.1 Å². The van der Waals surface area contributed by atoms with Gasteiger partial charge < -0.3 is 14.8 Å². The molecule has 0 aromatic heterocycles. The normalized spacial score (nSPS) is 12.0. The molecule has 0 spiro atoms. The quantitative estimate of drug-likeness (QED) is 0.339. The van der Waals surface area contributed by atoms with Gasteiger partial charge in [-0.05, 0) is 58.7 Å². The van der Waals surface area contributed by atoms with Gasteiger partial charge >= 0.3 is 0 Å². The minimum Gasteiger partial charge on any atom is -0.494 e. The second-order valence-electron chi connectivity index (χ2n) is 10.8. The van der Waals surface area contributed by atoms with Crippen LogP contribution in [0.25, 0.3) is 0 Å². The second kappa shape index (κ2) is 12.2. The van der Waals surface area contributed by atoms with E-state index in [4.69, 9.17) is 9.47 Å². The molecule has 0 heterocycles. The molecule has 0 fully saturated rings. The molecule has 2 aromatic carbocycles. The van der Waals surface area contributed by atoms with Crippen LogP contribution in [0.5, 0.6) is 11.5 Å². The van der Waals surface area contributed by atoms with Crippen molar-refractivity contribution in [2.45, 2.75) is 91.4 Å². The number of anilines is 1. The lowest BCUT2D eigenvalue weighted by Gasteiger charge is -2.27. The maximum Gasteiger partial charge on any atom is 0.123 e. The first kappa shape index (κ1) is 26.1. The number of benzene rings is 2. The van der Waals surface area contributed by atoms with Gasteiger partial charge in [-0.1, -0.05) is 86.3 Å². The van der Waals surface area contributed by atoms with Crippen LogP contribution >= 0.6 is 0 Å². The first-order valence-corrected chi connectivity index (χ1v) is 12.4. The van der Waals surface area contributed by atoms with Crippen LogP contribution in [0.1, 0.15) is 91.7 Å². The summed E-state index contributed by atoms with van der Waals surface area (Å²) < 4.78 is 12.0. The highest BCUT2D eigenvalue weighted by molar-refractivity contribution is 5.46. The van der Waals surface area contributed by atoms with Crippen molar-refractivity contribution in [1.29, 1.82) is 0 Å². The summed E-state index contributed by atoms with van der Waals surface area (Å²) in [6.07, 6.45) is 6.29. The summed E-state index contributed by atoms with van der Waals surface area (Å²) in [5.41, 5.74) is 3.86. The second-order valence-corrected chi connectivity index (χ2v) is 10.8. The fourth-order valence-electron chi connectivity index (χ4n) is 3.63. The molecule has 0 aliphatic carbocycles. The van der Waals surface area contributed by atoms with E-state index in [1.807, 2.05) is 12.1 Å². The van der Waals surface area contributed by atoms with Gasteiger partial charge in [0.15, 0.2) is 0 Å². The molecule has 0 aliphatic heterocycles. The zero-order chi connectivity index (χ0) is 23.6. The van der Waals surface area contributed by atoms with Crippen LogP contribution in [0.15, 0.2) is 42.5 Å². The van der Waals surface area contributed by atoms with Crippen molar-refractivity contribution < 1.29 is 9.47 Å². The van der Waals surface area contributed by atoms with E-state index < -0.39 is 0 Å². The lowest BCUT2D eigenvalue weighted by molar-refractivity contribution is 0.304. The first-order valence-electron chi connectivity index (χ1n) is 12.4. The van der Waals surface area contributed by atoms with E-state index in [0.717, 1.165) is 36.8 Å². The number of unbranched alkanes of at least 4 members (excludes halogenated alkanes) is 4. The molecule has 3 heteroatoms. The van der Waals surface area contributed by atoms with Gasteiger partial charge in [0.1, 0.15) is 18.1 Å². The Balaban J connectivity index is 1.81. The predicted molar refractivity (Wildman–Crippen MR) is 139 cm³/mol. The molecule has 32 heavy (non-hydrogen) atoms. The van der Waals surface area contributed by atoms with Crippen LogP contribution < -0.4 is 14.8 Å². The standard InChI is InChI=1S/C29H45NO2/c1-8-9-10-11-12-20-31-25-16-14-24(15-17-25)30-19-21-32-27-18-13-23(28(2,3)4)22-26(27)29(5,6)7/h13-18,22,30H,8-12,19-21H2,1-7H3. The third-order valence-corrected chi connectivity index (χ3v) is 5.71. The molecule has 3 nitrogen and oxygen atoms in total. The Morgan fingerprint density at radius 2 is 1.41 bits per heavy atom. The lowest BCUT2D eigenvalue weighted by Crippen LogP contribution is -2.19. The van der Waals surface area contributed by atoms with Crippen LogP contribution in [0.2, 0.25) is 0 Å². The Kier molecular flexibility index (Phi) is 9.93. The smallest absolute Gasteiger partial charge is 0.123 e. The Morgan fingerprint density at radius 1 is 0.719 bits per heavy atom. The molecule has 0 aliphatic rings. The van der Waals surface area contributed by atoms with Gasteiger partial charge in [0, 0.05) is 12.2 Å². The van der Waals surface area contributed by atoms with E-state index in [0.29, 0.717) is 6.61 Å².